The minimum absolute atomic E-state index is 0.573. The second kappa shape index (κ2) is 3.91. The molecule has 0 bridgehead atoms. The lowest BCUT2D eigenvalue weighted by atomic mass is 10.0. The van der Waals surface area contributed by atoms with E-state index >= 15 is 0 Å². The van der Waals surface area contributed by atoms with Gasteiger partial charge in [0.1, 0.15) is 6.67 Å². The largest absolute Gasteiger partial charge is 0.390 e. The van der Waals surface area contributed by atoms with Gasteiger partial charge in [-0.3, -0.25) is 0 Å². The summed E-state index contributed by atoms with van der Waals surface area (Å²) in [6.07, 6.45) is 4.90. The molecule has 0 heterocycles. The number of rotatable bonds is 3. The van der Waals surface area contributed by atoms with Gasteiger partial charge in [-0.15, -0.1) is 0 Å². The molecular formula is C8H15FO. The monoisotopic (exact) mass is 146 g/mol. The summed E-state index contributed by atoms with van der Waals surface area (Å²) in [5.41, 5.74) is 0. The van der Waals surface area contributed by atoms with Crippen LogP contribution in [0.5, 0.6) is 0 Å². The molecule has 1 N–H and O–H groups in total. The van der Waals surface area contributed by atoms with Crippen LogP contribution < -0.4 is 0 Å². The van der Waals surface area contributed by atoms with Gasteiger partial charge in [0.2, 0.25) is 0 Å². The SMILES string of the molecule is OC(CF)CC1CCCC1. The van der Waals surface area contributed by atoms with E-state index in [0.717, 1.165) is 0 Å². The van der Waals surface area contributed by atoms with Gasteiger partial charge in [-0.25, -0.2) is 4.39 Å². The second-order valence-corrected chi connectivity index (χ2v) is 3.19. The summed E-state index contributed by atoms with van der Waals surface area (Å²) in [4.78, 5) is 0. The Kier molecular flexibility index (Phi) is 3.13. The minimum Gasteiger partial charge on any atom is -0.390 e. The fraction of sp³-hybridized carbons (Fsp3) is 1.00. The summed E-state index contributed by atoms with van der Waals surface area (Å²) in [5, 5.41) is 8.94. The number of aliphatic hydroxyl groups excluding tert-OH is 1. The van der Waals surface area contributed by atoms with Crippen LogP contribution in [0.1, 0.15) is 32.1 Å². The highest BCUT2D eigenvalue weighted by atomic mass is 19.1. The zero-order valence-corrected chi connectivity index (χ0v) is 6.22. The Bertz CT molecular complexity index is 89.3. The standard InChI is InChI=1S/C8H15FO/c9-6-8(10)5-7-3-1-2-4-7/h7-8,10H,1-6H2. The molecule has 1 aliphatic carbocycles. The molecular weight excluding hydrogens is 131 g/mol. The van der Waals surface area contributed by atoms with E-state index in [1.54, 1.807) is 0 Å². The molecule has 1 unspecified atom stereocenters. The van der Waals surface area contributed by atoms with E-state index in [0.29, 0.717) is 12.3 Å². The molecule has 0 amide bonds. The Morgan fingerprint density at radius 2 is 2.00 bits per heavy atom. The molecule has 0 spiro atoms. The van der Waals surface area contributed by atoms with Crippen LogP contribution in [0.25, 0.3) is 0 Å². The number of aliphatic hydroxyl groups is 1. The Morgan fingerprint density at radius 3 is 2.50 bits per heavy atom. The first kappa shape index (κ1) is 7.99. The van der Waals surface area contributed by atoms with Crippen molar-refractivity contribution >= 4 is 0 Å². The van der Waals surface area contributed by atoms with Crippen LogP contribution in [-0.4, -0.2) is 17.9 Å². The van der Waals surface area contributed by atoms with Gasteiger partial charge in [0, 0.05) is 0 Å². The van der Waals surface area contributed by atoms with Crippen LogP contribution in [-0.2, 0) is 0 Å². The topological polar surface area (TPSA) is 20.2 Å². The van der Waals surface area contributed by atoms with Gasteiger partial charge in [0.25, 0.3) is 0 Å². The van der Waals surface area contributed by atoms with Gasteiger partial charge in [-0.1, -0.05) is 25.7 Å². The maximum absolute atomic E-state index is 11.8. The van der Waals surface area contributed by atoms with Gasteiger partial charge in [0.05, 0.1) is 6.10 Å². The minimum atomic E-state index is -0.692. The molecule has 1 aliphatic rings. The molecule has 0 radical (unpaired) electrons. The van der Waals surface area contributed by atoms with Gasteiger partial charge in [0.15, 0.2) is 0 Å². The molecule has 0 aromatic heterocycles. The van der Waals surface area contributed by atoms with E-state index in [2.05, 4.69) is 0 Å². The highest BCUT2D eigenvalue weighted by molar-refractivity contribution is 4.70. The van der Waals surface area contributed by atoms with Crippen molar-refractivity contribution in [2.24, 2.45) is 5.92 Å². The average molecular weight is 146 g/mol. The van der Waals surface area contributed by atoms with Crippen LogP contribution in [0.3, 0.4) is 0 Å². The summed E-state index contributed by atoms with van der Waals surface area (Å²) in [6, 6.07) is 0. The summed E-state index contributed by atoms with van der Waals surface area (Å²) in [5.74, 6) is 0.603. The van der Waals surface area contributed by atoms with E-state index in [1.807, 2.05) is 0 Å². The quantitative estimate of drug-likeness (QED) is 0.644. The maximum Gasteiger partial charge on any atom is 0.115 e. The Balaban J connectivity index is 2.11. The molecule has 1 saturated carbocycles. The number of hydrogen-bond donors (Lipinski definition) is 1. The lowest BCUT2D eigenvalue weighted by Gasteiger charge is -2.11. The summed E-state index contributed by atoms with van der Waals surface area (Å²) < 4.78 is 11.8. The third-order valence-corrected chi connectivity index (χ3v) is 2.26. The van der Waals surface area contributed by atoms with E-state index in [9.17, 15) is 4.39 Å². The normalized spacial score (nSPS) is 23.4. The first-order valence-corrected chi connectivity index (χ1v) is 4.07. The highest BCUT2D eigenvalue weighted by Crippen LogP contribution is 2.28. The molecule has 10 heavy (non-hydrogen) atoms. The molecule has 2 heteroatoms. The summed E-state index contributed by atoms with van der Waals surface area (Å²) in [6.45, 7) is -0.573. The lowest BCUT2D eigenvalue weighted by Crippen LogP contribution is -2.13. The van der Waals surface area contributed by atoms with E-state index < -0.39 is 12.8 Å². The lowest BCUT2D eigenvalue weighted by molar-refractivity contribution is 0.113. The molecule has 0 saturated heterocycles. The van der Waals surface area contributed by atoms with Gasteiger partial charge >= 0.3 is 0 Å². The van der Waals surface area contributed by atoms with E-state index in [-0.39, 0.29) is 0 Å². The fourth-order valence-electron chi connectivity index (χ4n) is 1.69. The van der Waals surface area contributed by atoms with Crippen molar-refractivity contribution in [3.8, 4) is 0 Å². The van der Waals surface area contributed by atoms with Crippen molar-refractivity contribution in [2.75, 3.05) is 6.67 Å². The molecule has 1 nitrogen and oxygen atoms in total. The van der Waals surface area contributed by atoms with Gasteiger partial charge < -0.3 is 5.11 Å². The number of hydrogen-bond acceptors (Lipinski definition) is 1. The van der Waals surface area contributed by atoms with Crippen LogP contribution in [0.15, 0.2) is 0 Å². The molecule has 0 aromatic carbocycles. The predicted octanol–water partition coefficient (Wildman–Crippen LogP) is 1.90. The summed E-state index contributed by atoms with van der Waals surface area (Å²) >= 11 is 0. The zero-order chi connectivity index (χ0) is 7.40. The van der Waals surface area contributed by atoms with E-state index in [1.165, 1.54) is 25.7 Å². The van der Waals surface area contributed by atoms with Crippen molar-refractivity contribution in [3.63, 3.8) is 0 Å². The smallest absolute Gasteiger partial charge is 0.115 e. The van der Waals surface area contributed by atoms with E-state index in [4.69, 9.17) is 5.11 Å². The second-order valence-electron chi connectivity index (χ2n) is 3.19. The van der Waals surface area contributed by atoms with Crippen molar-refractivity contribution in [3.05, 3.63) is 0 Å². The Morgan fingerprint density at radius 1 is 1.40 bits per heavy atom. The van der Waals surface area contributed by atoms with Crippen molar-refractivity contribution in [1.82, 2.24) is 0 Å². The van der Waals surface area contributed by atoms with Crippen LogP contribution in [0, 0.1) is 5.92 Å². The van der Waals surface area contributed by atoms with Crippen molar-refractivity contribution in [2.45, 2.75) is 38.2 Å². The average Bonchev–Trinajstić information content (AvgIpc) is 2.40. The van der Waals surface area contributed by atoms with Crippen LogP contribution in [0.4, 0.5) is 4.39 Å². The highest BCUT2D eigenvalue weighted by Gasteiger charge is 2.18. The molecule has 0 aromatic rings. The zero-order valence-electron chi connectivity index (χ0n) is 6.22. The molecule has 1 rings (SSSR count). The van der Waals surface area contributed by atoms with Gasteiger partial charge in [-0.2, -0.15) is 0 Å². The van der Waals surface area contributed by atoms with Gasteiger partial charge in [-0.05, 0) is 12.3 Å². The predicted molar refractivity (Wildman–Crippen MR) is 38.6 cm³/mol. The number of alkyl halides is 1. The first-order valence-electron chi connectivity index (χ1n) is 4.07. The molecule has 1 fully saturated rings. The van der Waals surface area contributed by atoms with Crippen LogP contribution in [0.2, 0.25) is 0 Å². The molecule has 0 aliphatic heterocycles. The van der Waals surface area contributed by atoms with Crippen molar-refractivity contribution in [1.29, 1.82) is 0 Å². The first-order chi connectivity index (χ1) is 4.83. The summed E-state index contributed by atoms with van der Waals surface area (Å²) in [7, 11) is 0. The third kappa shape index (κ3) is 2.25. The Labute approximate surface area is 61.2 Å². The van der Waals surface area contributed by atoms with Crippen LogP contribution >= 0.6 is 0 Å². The molecule has 1 atom stereocenters. The maximum atomic E-state index is 11.8. The fourth-order valence-corrected chi connectivity index (χ4v) is 1.69. The molecule has 60 valence electrons. The number of halogens is 1. The third-order valence-electron chi connectivity index (χ3n) is 2.26. The Hall–Kier alpha value is -0.110. The van der Waals surface area contributed by atoms with Crippen molar-refractivity contribution < 1.29 is 9.50 Å².